The van der Waals surface area contributed by atoms with Crippen molar-refractivity contribution in [1.29, 1.82) is 0 Å². The van der Waals surface area contributed by atoms with Gasteiger partial charge in [0, 0.05) is 17.3 Å². The normalized spacial score (nSPS) is 11.8. The van der Waals surface area contributed by atoms with Gasteiger partial charge < -0.3 is 4.98 Å². The number of para-hydroxylation sites is 1. The van der Waals surface area contributed by atoms with Crippen molar-refractivity contribution < 1.29 is 13.2 Å². The van der Waals surface area contributed by atoms with Crippen molar-refractivity contribution in [3.63, 3.8) is 0 Å². The van der Waals surface area contributed by atoms with E-state index in [9.17, 15) is 13.2 Å². The number of aryl methyl sites for hydroxylation is 1. The van der Waals surface area contributed by atoms with Crippen LogP contribution in [0.2, 0.25) is 0 Å². The third-order valence-corrected chi connectivity index (χ3v) is 6.29. The molecule has 0 aliphatic heterocycles. The van der Waals surface area contributed by atoms with Gasteiger partial charge in [-0.25, -0.2) is 8.42 Å². The molecule has 0 radical (unpaired) electrons. The number of H-pyrrole nitrogens is 1. The van der Waals surface area contributed by atoms with E-state index in [4.69, 9.17) is 0 Å². The van der Waals surface area contributed by atoms with Crippen molar-refractivity contribution in [2.75, 3.05) is 0 Å². The minimum Gasteiger partial charge on any atom is -0.345 e. The molecular weight excluding hydrogens is 346 g/mol. The molecule has 136 valence electrons. The minimum atomic E-state index is -3.80. The third kappa shape index (κ3) is 3.44. The zero-order chi connectivity index (χ0) is 18.7. The van der Waals surface area contributed by atoms with E-state index in [-0.39, 0.29) is 21.3 Å². The van der Waals surface area contributed by atoms with Crippen molar-refractivity contribution in [3.05, 3.63) is 59.7 Å². The van der Waals surface area contributed by atoms with Crippen LogP contribution in [0.1, 0.15) is 48.5 Å². The highest BCUT2D eigenvalue weighted by molar-refractivity contribution is 7.91. The Balaban J connectivity index is 2.14. The molecule has 0 saturated heterocycles. The molecule has 26 heavy (non-hydrogen) atoms. The average molecular weight is 369 g/mol. The molecule has 0 aliphatic carbocycles. The molecule has 2 aromatic carbocycles. The second-order valence-corrected chi connectivity index (χ2v) is 8.46. The quantitative estimate of drug-likeness (QED) is 0.467. The number of aromatic nitrogens is 1. The molecule has 0 atom stereocenters. The Morgan fingerprint density at radius 1 is 1.00 bits per heavy atom. The Hall–Kier alpha value is -2.40. The lowest BCUT2D eigenvalue weighted by Crippen LogP contribution is -2.09. The molecule has 1 aromatic heterocycles. The number of carbonyl (C=O) groups excluding carboxylic acids is 1. The highest BCUT2D eigenvalue weighted by Gasteiger charge is 2.28. The molecule has 3 rings (SSSR count). The summed E-state index contributed by atoms with van der Waals surface area (Å²) in [6.07, 6.45) is 3.08. The van der Waals surface area contributed by atoms with Crippen molar-refractivity contribution in [3.8, 4) is 0 Å². The molecule has 3 aromatic rings. The summed E-state index contributed by atoms with van der Waals surface area (Å²) in [4.78, 5) is 16.0. The lowest BCUT2D eigenvalue weighted by atomic mass is 10.0. The molecule has 1 N–H and O–H groups in total. The zero-order valence-corrected chi connectivity index (χ0v) is 15.9. The lowest BCUT2D eigenvalue weighted by molar-refractivity contribution is 0.0977. The molecule has 1 heterocycles. The van der Waals surface area contributed by atoms with Gasteiger partial charge in [-0.05, 0) is 31.5 Å². The Morgan fingerprint density at radius 2 is 1.69 bits per heavy atom. The van der Waals surface area contributed by atoms with Crippen LogP contribution in [-0.4, -0.2) is 19.2 Å². The number of rotatable bonds is 7. The monoisotopic (exact) mass is 369 g/mol. The molecular formula is C21H23NO3S. The van der Waals surface area contributed by atoms with E-state index < -0.39 is 9.84 Å². The predicted molar refractivity (Wildman–Crippen MR) is 103 cm³/mol. The summed E-state index contributed by atoms with van der Waals surface area (Å²) >= 11 is 0. The molecule has 0 fully saturated rings. The number of hydrogen-bond donors (Lipinski definition) is 1. The number of aromatic amines is 1. The fourth-order valence-electron chi connectivity index (χ4n) is 3.09. The van der Waals surface area contributed by atoms with E-state index in [1.165, 1.54) is 0 Å². The molecule has 0 saturated carbocycles. The second kappa shape index (κ2) is 7.46. The van der Waals surface area contributed by atoms with Crippen molar-refractivity contribution in [2.45, 2.75) is 49.5 Å². The van der Waals surface area contributed by atoms with E-state index in [0.717, 1.165) is 24.8 Å². The van der Waals surface area contributed by atoms with Crippen LogP contribution in [0.15, 0.2) is 58.5 Å². The van der Waals surface area contributed by atoms with E-state index in [1.807, 2.05) is 19.1 Å². The first-order valence-electron chi connectivity index (χ1n) is 8.91. The van der Waals surface area contributed by atoms with Gasteiger partial charge in [0.2, 0.25) is 9.84 Å². The largest absolute Gasteiger partial charge is 0.345 e. The SMILES string of the molecule is CCCCCC(=O)c1c(S(=O)(=O)c2ccc(C)cc2)[nH]c2ccccc12. The van der Waals surface area contributed by atoms with Gasteiger partial charge in [0.05, 0.1) is 10.5 Å². The standard InChI is InChI=1S/C21H23NO3S/c1-3-4-5-10-19(23)20-17-8-6-7-9-18(17)22-21(20)26(24,25)16-13-11-15(2)12-14-16/h6-9,11-14,22H,3-5,10H2,1-2H3. The molecule has 0 unspecified atom stereocenters. The molecule has 0 bridgehead atoms. The van der Waals surface area contributed by atoms with Gasteiger partial charge in [0.1, 0.15) is 5.03 Å². The van der Waals surface area contributed by atoms with Gasteiger partial charge in [-0.1, -0.05) is 55.7 Å². The maximum atomic E-state index is 13.2. The van der Waals surface area contributed by atoms with Gasteiger partial charge in [0.25, 0.3) is 0 Å². The number of fused-ring (bicyclic) bond motifs is 1. The average Bonchev–Trinajstić information content (AvgIpc) is 3.03. The Bertz CT molecular complexity index is 1030. The highest BCUT2D eigenvalue weighted by Crippen LogP contribution is 2.31. The molecule has 0 aliphatic rings. The number of ketones is 1. The Labute approximate surface area is 154 Å². The Kier molecular flexibility index (Phi) is 5.28. The summed E-state index contributed by atoms with van der Waals surface area (Å²) in [6.45, 7) is 3.98. The first-order chi connectivity index (χ1) is 12.4. The van der Waals surface area contributed by atoms with Gasteiger partial charge in [-0.15, -0.1) is 0 Å². The highest BCUT2D eigenvalue weighted by atomic mass is 32.2. The van der Waals surface area contributed by atoms with Gasteiger partial charge in [-0.3, -0.25) is 4.79 Å². The lowest BCUT2D eigenvalue weighted by Gasteiger charge is -2.07. The Morgan fingerprint density at radius 3 is 2.38 bits per heavy atom. The summed E-state index contributed by atoms with van der Waals surface area (Å²) in [5.74, 6) is -0.124. The van der Waals surface area contributed by atoms with Crippen LogP contribution < -0.4 is 0 Å². The van der Waals surface area contributed by atoms with Crippen LogP contribution in [0, 0.1) is 6.92 Å². The predicted octanol–water partition coefficient (Wildman–Crippen LogP) is 5.07. The fraction of sp³-hybridized carbons (Fsp3) is 0.286. The summed E-state index contributed by atoms with van der Waals surface area (Å²) in [5, 5.41) is 0.670. The molecule has 0 spiro atoms. The van der Waals surface area contributed by atoms with Crippen LogP contribution >= 0.6 is 0 Å². The topological polar surface area (TPSA) is 67.0 Å². The zero-order valence-electron chi connectivity index (χ0n) is 15.1. The van der Waals surface area contributed by atoms with Crippen LogP contribution in [0.4, 0.5) is 0 Å². The van der Waals surface area contributed by atoms with Crippen LogP contribution in [0.25, 0.3) is 10.9 Å². The maximum Gasteiger partial charge on any atom is 0.222 e. The van der Waals surface area contributed by atoms with Gasteiger partial charge in [-0.2, -0.15) is 0 Å². The molecule has 0 amide bonds. The first-order valence-corrected chi connectivity index (χ1v) is 10.4. The number of unbranched alkanes of at least 4 members (excludes halogenated alkanes) is 2. The van der Waals surface area contributed by atoms with Gasteiger partial charge >= 0.3 is 0 Å². The summed E-state index contributed by atoms with van der Waals surface area (Å²) in [6, 6.07) is 13.9. The van der Waals surface area contributed by atoms with Crippen LogP contribution in [-0.2, 0) is 9.84 Å². The third-order valence-electron chi connectivity index (χ3n) is 4.56. The number of sulfone groups is 1. The van der Waals surface area contributed by atoms with Crippen molar-refractivity contribution in [2.24, 2.45) is 0 Å². The fourth-order valence-corrected chi connectivity index (χ4v) is 4.56. The van der Waals surface area contributed by atoms with Gasteiger partial charge in [0.15, 0.2) is 5.78 Å². The molecule has 5 heteroatoms. The number of nitrogens with one attached hydrogen (secondary N) is 1. The van der Waals surface area contributed by atoms with Crippen molar-refractivity contribution in [1.82, 2.24) is 4.98 Å². The first kappa shape index (κ1) is 18.4. The maximum absolute atomic E-state index is 13.2. The number of carbonyl (C=O) groups is 1. The summed E-state index contributed by atoms with van der Waals surface area (Å²) < 4.78 is 26.4. The smallest absolute Gasteiger partial charge is 0.222 e. The van der Waals surface area contributed by atoms with Crippen molar-refractivity contribution >= 4 is 26.5 Å². The van der Waals surface area contributed by atoms with E-state index in [2.05, 4.69) is 11.9 Å². The number of benzene rings is 2. The summed E-state index contributed by atoms with van der Waals surface area (Å²) in [7, 11) is -3.80. The molecule has 4 nitrogen and oxygen atoms in total. The minimum absolute atomic E-state index is 0.00375. The number of Topliss-reactive ketones (excluding diaryl/α,β-unsaturated/α-hetero) is 1. The second-order valence-electron chi connectivity index (χ2n) is 6.57. The summed E-state index contributed by atoms with van der Waals surface area (Å²) in [5.41, 5.74) is 1.94. The van der Waals surface area contributed by atoms with E-state index in [1.54, 1.807) is 36.4 Å². The van der Waals surface area contributed by atoms with E-state index in [0.29, 0.717) is 17.3 Å². The van der Waals surface area contributed by atoms with E-state index >= 15 is 0 Å². The van der Waals surface area contributed by atoms with Crippen LogP contribution in [0.5, 0.6) is 0 Å². The number of hydrogen-bond acceptors (Lipinski definition) is 3. The van der Waals surface area contributed by atoms with Crippen LogP contribution in [0.3, 0.4) is 0 Å².